The number of hydrogen-bond donors (Lipinski definition) is 2. The molecule has 0 heterocycles. The molecular formula is C12H10FN3O5. The minimum Gasteiger partial charge on any atom is -0.480 e. The summed E-state index contributed by atoms with van der Waals surface area (Å²) in [7, 11) is 0. The third-order valence-electron chi connectivity index (χ3n) is 2.30. The average molecular weight is 295 g/mol. The van der Waals surface area contributed by atoms with Crippen LogP contribution >= 0.6 is 0 Å². The van der Waals surface area contributed by atoms with Gasteiger partial charge in [0.25, 0.3) is 5.69 Å². The van der Waals surface area contributed by atoms with Crippen LogP contribution in [-0.2, 0) is 4.79 Å². The number of carboxylic acid groups (broad SMARTS) is 1. The van der Waals surface area contributed by atoms with Gasteiger partial charge in [0.15, 0.2) is 0 Å². The van der Waals surface area contributed by atoms with Crippen LogP contribution < -0.4 is 5.32 Å². The number of terminal acetylenes is 1. The number of halogens is 1. The van der Waals surface area contributed by atoms with Crippen LogP contribution in [0.25, 0.3) is 0 Å². The number of hydrogen-bond acceptors (Lipinski definition) is 4. The van der Waals surface area contributed by atoms with E-state index in [1.807, 2.05) is 5.32 Å². The number of rotatable bonds is 5. The summed E-state index contributed by atoms with van der Waals surface area (Å²) < 4.78 is 13.5. The highest BCUT2D eigenvalue weighted by Crippen LogP contribution is 2.21. The second-order valence-electron chi connectivity index (χ2n) is 3.81. The Labute approximate surface area is 118 Å². The first-order valence-electron chi connectivity index (χ1n) is 5.50. The third kappa shape index (κ3) is 4.46. The lowest BCUT2D eigenvalue weighted by Crippen LogP contribution is -2.39. The molecule has 0 aromatic heterocycles. The number of non-ortho nitro benzene ring substituents is 1. The van der Waals surface area contributed by atoms with Gasteiger partial charge in [-0.15, -0.1) is 6.42 Å². The van der Waals surface area contributed by atoms with Gasteiger partial charge < -0.3 is 15.3 Å². The summed E-state index contributed by atoms with van der Waals surface area (Å²) in [6.45, 7) is -0.999. The normalized spacial score (nSPS) is 9.52. The Morgan fingerprint density at radius 3 is 2.71 bits per heavy atom. The molecule has 0 saturated heterocycles. The van der Waals surface area contributed by atoms with E-state index in [0.29, 0.717) is 0 Å². The van der Waals surface area contributed by atoms with Crippen LogP contribution in [0.15, 0.2) is 18.2 Å². The van der Waals surface area contributed by atoms with Crippen LogP contribution in [-0.4, -0.2) is 40.0 Å². The Hall–Kier alpha value is -3.15. The van der Waals surface area contributed by atoms with Crippen LogP contribution in [0.1, 0.15) is 0 Å². The van der Waals surface area contributed by atoms with E-state index in [1.165, 1.54) is 0 Å². The van der Waals surface area contributed by atoms with E-state index < -0.39 is 40.7 Å². The lowest BCUT2D eigenvalue weighted by atomic mass is 10.2. The van der Waals surface area contributed by atoms with Crippen LogP contribution in [0.3, 0.4) is 0 Å². The molecule has 0 atom stereocenters. The van der Waals surface area contributed by atoms with Crippen molar-refractivity contribution >= 4 is 23.4 Å². The number of nitrogens with zero attached hydrogens (tertiary/aromatic N) is 2. The topological polar surface area (TPSA) is 113 Å². The molecule has 0 bridgehead atoms. The van der Waals surface area contributed by atoms with Crippen LogP contribution in [0.5, 0.6) is 0 Å². The molecule has 0 spiro atoms. The molecule has 9 heteroatoms. The number of aliphatic carboxylic acids is 1. The molecule has 0 aliphatic carbocycles. The predicted molar refractivity (Wildman–Crippen MR) is 70.1 cm³/mol. The monoisotopic (exact) mass is 295 g/mol. The summed E-state index contributed by atoms with van der Waals surface area (Å²) in [5.74, 6) is -0.120. The van der Waals surface area contributed by atoms with Crippen molar-refractivity contribution in [2.75, 3.05) is 18.4 Å². The average Bonchev–Trinajstić information content (AvgIpc) is 2.40. The van der Waals surface area contributed by atoms with Crippen molar-refractivity contribution in [3.05, 3.63) is 34.1 Å². The molecule has 110 valence electrons. The summed E-state index contributed by atoms with van der Waals surface area (Å²) in [6, 6.07) is 1.59. The SMILES string of the molecule is C#CCN(CC(=O)O)C(=O)Nc1cc([N+](=O)[O-])ccc1F. The molecule has 0 radical (unpaired) electrons. The third-order valence-corrected chi connectivity index (χ3v) is 2.30. The molecule has 0 saturated carbocycles. The zero-order valence-electron chi connectivity index (χ0n) is 10.6. The minimum absolute atomic E-state index is 0.311. The number of nitro benzene ring substituents is 1. The van der Waals surface area contributed by atoms with Gasteiger partial charge in [-0.2, -0.15) is 0 Å². The maximum absolute atomic E-state index is 13.5. The largest absolute Gasteiger partial charge is 0.480 e. The highest BCUT2D eigenvalue weighted by molar-refractivity contribution is 5.91. The number of carbonyl (C=O) groups is 2. The second kappa shape index (κ2) is 6.85. The number of urea groups is 1. The van der Waals surface area contributed by atoms with Gasteiger partial charge in [-0.3, -0.25) is 14.9 Å². The van der Waals surface area contributed by atoms with Crippen LogP contribution in [0.4, 0.5) is 20.6 Å². The molecule has 0 unspecified atom stereocenters. The van der Waals surface area contributed by atoms with Crippen molar-refractivity contribution in [2.45, 2.75) is 0 Å². The van der Waals surface area contributed by atoms with E-state index in [9.17, 15) is 24.1 Å². The van der Waals surface area contributed by atoms with Gasteiger partial charge in [-0.1, -0.05) is 5.92 Å². The molecule has 1 aromatic rings. The predicted octanol–water partition coefficient (Wildman–Crippen LogP) is 1.29. The van der Waals surface area contributed by atoms with E-state index in [-0.39, 0.29) is 6.54 Å². The van der Waals surface area contributed by atoms with Crippen molar-refractivity contribution in [3.8, 4) is 12.3 Å². The van der Waals surface area contributed by atoms with Gasteiger partial charge in [0, 0.05) is 12.1 Å². The lowest BCUT2D eigenvalue weighted by Gasteiger charge is -2.18. The minimum atomic E-state index is -1.31. The first kappa shape index (κ1) is 15.9. The van der Waals surface area contributed by atoms with Gasteiger partial charge in [-0.25, -0.2) is 9.18 Å². The standard InChI is InChI=1S/C12H10FN3O5/c1-2-5-15(7-11(17)18)12(19)14-10-6-8(16(20)21)3-4-9(10)13/h1,3-4,6H,5,7H2,(H,14,19)(H,17,18). The fourth-order valence-corrected chi connectivity index (χ4v) is 1.39. The molecule has 0 aliphatic rings. The quantitative estimate of drug-likeness (QED) is 0.482. The van der Waals surface area contributed by atoms with Crippen molar-refractivity contribution < 1.29 is 24.0 Å². The van der Waals surface area contributed by atoms with E-state index in [2.05, 4.69) is 5.92 Å². The van der Waals surface area contributed by atoms with E-state index in [1.54, 1.807) is 0 Å². The Morgan fingerprint density at radius 2 is 2.19 bits per heavy atom. The maximum Gasteiger partial charge on any atom is 0.323 e. The molecule has 0 fully saturated rings. The van der Waals surface area contributed by atoms with E-state index in [4.69, 9.17) is 11.5 Å². The van der Waals surface area contributed by atoms with E-state index >= 15 is 0 Å². The molecule has 2 amide bonds. The van der Waals surface area contributed by atoms with Gasteiger partial charge in [0.2, 0.25) is 0 Å². The lowest BCUT2D eigenvalue weighted by molar-refractivity contribution is -0.384. The number of amides is 2. The summed E-state index contributed by atoms with van der Waals surface area (Å²) >= 11 is 0. The van der Waals surface area contributed by atoms with Crippen LogP contribution in [0, 0.1) is 28.3 Å². The first-order valence-corrected chi connectivity index (χ1v) is 5.50. The molecule has 0 aliphatic heterocycles. The Bertz CT molecular complexity index is 626. The smallest absolute Gasteiger partial charge is 0.323 e. The van der Waals surface area contributed by atoms with Gasteiger partial charge in [0.05, 0.1) is 17.2 Å². The first-order chi connectivity index (χ1) is 9.85. The number of anilines is 1. The Balaban J connectivity index is 2.95. The summed E-state index contributed by atoms with van der Waals surface area (Å²) in [5, 5.41) is 21.3. The highest BCUT2D eigenvalue weighted by Gasteiger charge is 2.19. The summed E-state index contributed by atoms with van der Waals surface area (Å²) in [6.07, 6.45) is 5.00. The number of carbonyl (C=O) groups excluding carboxylic acids is 1. The fourth-order valence-electron chi connectivity index (χ4n) is 1.39. The van der Waals surface area contributed by atoms with Crippen molar-refractivity contribution in [1.29, 1.82) is 0 Å². The van der Waals surface area contributed by atoms with Crippen molar-refractivity contribution in [1.82, 2.24) is 4.90 Å². The van der Waals surface area contributed by atoms with Crippen molar-refractivity contribution in [3.63, 3.8) is 0 Å². The molecule has 1 rings (SSSR count). The molecule has 1 aromatic carbocycles. The zero-order valence-corrected chi connectivity index (χ0v) is 10.6. The summed E-state index contributed by atoms with van der Waals surface area (Å²) in [5.41, 5.74) is -0.866. The molecule has 8 nitrogen and oxygen atoms in total. The van der Waals surface area contributed by atoms with Crippen LogP contribution in [0.2, 0.25) is 0 Å². The number of nitrogens with one attached hydrogen (secondary N) is 1. The molecule has 2 N–H and O–H groups in total. The second-order valence-corrected chi connectivity index (χ2v) is 3.81. The maximum atomic E-state index is 13.5. The Kier molecular flexibility index (Phi) is 5.19. The Morgan fingerprint density at radius 1 is 1.52 bits per heavy atom. The van der Waals surface area contributed by atoms with Gasteiger partial charge >= 0.3 is 12.0 Å². The number of nitro groups is 1. The van der Waals surface area contributed by atoms with Gasteiger partial charge in [-0.05, 0) is 6.07 Å². The van der Waals surface area contributed by atoms with E-state index in [0.717, 1.165) is 23.1 Å². The highest BCUT2D eigenvalue weighted by atomic mass is 19.1. The molecule has 21 heavy (non-hydrogen) atoms. The zero-order chi connectivity index (χ0) is 16.0. The summed E-state index contributed by atoms with van der Waals surface area (Å²) in [4.78, 5) is 33.0. The van der Waals surface area contributed by atoms with Crippen molar-refractivity contribution in [2.24, 2.45) is 0 Å². The number of carboxylic acids is 1. The number of benzene rings is 1. The van der Waals surface area contributed by atoms with Gasteiger partial charge in [0.1, 0.15) is 12.4 Å². The fraction of sp³-hybridized carbons (Fsp3) is 0.167. The molecular weight excluding hydrogens is 285 g/mol.